The zero-order valence-electron chi connectivity index (χ0n) is 11.1. The highest BCUT2D eigenvalue weighted by Gasteiger charge is 2.09. The lowest BCUT2D eigenvalue weighted by Gasteiger charge is -2.14. The molecule has 2 nitrogen and oxygen atoms in total. The smallest absolute Gasteiger partial charge is 0.119 e. The molecule has 1 unspecified atom stereocenters. The summed E-state index contributed by atoms with van der Waals surface area (Å²) in [6.45, 7) is 4.04. The van der Waals surface area contributed by atoms with Gasteiger partial charge in [-0.05, 0) is 71.8 Å². The van der Waals surface area contributed by atoms with Crippen LogP contribution in [-0.2, 0) is 0 Å². The first kappa shape index (κ1) is 14.3. The van der Waals surface area contributed by atoms with Crippen molar-refractivity contribution in [1.29, 1.82) is 0 Å². The van der Waals surface area contributed by atoms with Crippen molar-refractivity contribution < 1.29 is 4.74 Å². The van der Waals surface area contributed by atoms with Crippen LogP contribution in [0.15, 0.2) is 48.5 Å². The van der Waals surface area contributed by atoms with Crippen LogP contribution in [0.4, 0.5) is 0 Å². The van der Waals surface area contributed by atoms with Gasteiger partial charge in [-0.3, -0.25) is 0 Å². The molecule has 0 aromatic heterocycles. The molecule has 0 bridgehead atoms. The molecule has 2 rings (SSSR count). The van der Waals surface area contributed by atoms with E-state index in [4.69, 9.17) is 10.5 Å². The summed E-state index contributed by atoms with van der Waals surface area (Å²) in [5.74, 6) is 0.883. The minimum absolute atomic E-state index is 0.0925. The van der Waals surface area contributed by atoms with E-state index in [0.717, 1.165) is 16.9 Å². The Morgan fingerprint density at radius 2 is 1.37 bits per heavy atom. The molecule has 19 heavy (non-hydrogen) atoms. The number of halogens is 1. The van der Waals surface area contributed by atoms with Gasteiger partial charge in [-0.15, -0.1) is 0 Å². The van der Waals surface area contributed by atoms with Crippen LogP contribution in [0.3, 0.4) is 0 Å². The lowest BCUT2D eigenvalue weighted by atomic mass is 10.00. The summed E-state index contributed by atoms with van der Waals surface area (Å²) in [6, 6.07) is 16.2. The van der Waals surface area contributed by atoms with Gasteiger partial charge in [0.2, 0.25) is 0 Å². The first-order valence-electron chi connectivity index (χ1n) is 6.34. The molecular formula is C16H18INO. The predicted molar refractivity (Wildman–Crippen MR) is 87.4 cm³/mol. The van der Waals surface area contributed by atoms with Crippen LogP contribution in [0.1, 0.15) is 31.0 Å². The van der Waals surface area contributed by atoms with Gasteiger partial charge in [-0.25, -0.2) is 0 Å². The van der Waals surface area contributed by atoms with E-state index in [0.29, 0.717) is 0 Å². The Balaban J connectivity index is 2.15. The SMILES string of the molecule is CC(C)Oc1ccc(C(N)c2ccc(I)cc2)cc1. The maximum Gasteiger partial charge on any atom is 0.119 e. The van der Waals surface area contributed by atoms with Crippen LogP contribution in [0.2, 0.25) is 0 Å². The largest absolute Gasteiger partial charge is 0.491 e. The van der Waals surface area contributed by atoms with Crippen LogP contribution >= 0.6 is 22.6 Å². The summed E-state index contributed by atoms with van der Waals surface area (Å²) in [5, 5.41) is 0. The Morgan fingerprint density at radius 1 is 0.895 bits per heavy atom. The molecule has 0 aliphatic carbocycles. The van der Waals surface area contributed by atoms with E-state index in [1.807, 2.05) is 38.1 Å². The zero-order chi connectivity index (χ0) is 13.8. The van der Waals surface area contributed by atoms with Crippen molar-refractivity contribution >= 4 is 22.6 Å². The molecule has 2 N–H and O–H groups in total. The Hall–Kier alpha value is -1.07. The van der Waals surface area contributed by atoms with Gasteiger partial charge in [0.1, 0.15) is 5.75 Å². The standard InChI is InChI=1S/C16H18INO/c1-11(2)19-15-9-5-13(6-10-15)16(18)12-3-7-14(17)8-4-12/h3-11,16H,18H2,1-2H3. The second-order valence-corrected chi connectivity index (χ2v) is 6.01. The van der Waals surface area contributed by atoms with Crippen molar-refractivity contribution in [1.82, 2.24) is 0 Å². The van der Waals surface area contributed by atoms with E-state index < -0.39 is 0 Å². The second kappa shape index (κ2) is 6.39. The molecule has 100 valence electrons. The molecule has 0 spiro atoms. The summed E-state index contributed by atoms with van der Waals surface area (Å²) >= 11 is 2.29. The van der Waals surface area contributed by atoms with Crippen LogP contribution in [0, 0.1) is 3.57 Å². The molecule has 0 amide bonds. The molecule has 0 radical (unpaired) electrons. The van der Waals surface area contributed by atoms with Gasteiger partial charge in [0, 0.05) is 3.57 Å². The Kier molecular flexibility index (Phi) is 4.82. The molecular weight excluding hydrogens is 349 g/mol. The Bertz CT molecular complexity index is 519. The summed E-state index contributed by atoms with van der Waals surface area (Å²) in [4.78, 5) is 0. The molecule has 0 saturated carbocycles. The molecule has 2 aromatic rings. The van der Waals surface area contributed by atoms with Gasteiger partial charge < -0.3 is 10.5 Å². The van der Waals surface area contributed by atoms with Gasteiger partial charge in [-0.1, -0.05) is 24.3 Å². The monoisotopic (exact) mass is 367 g/mol. The highest BCUT2D eigenvalue weighted by atomic mass is 127. The van der Waals surface area contributed by atoms with Crippen molar-refractivity contribution in [3.8, 4) is 5.75 Å². The minimum Gasteiger partial charge on any atom is -0.491 e. The number of benzene rings is 2. The average molecular weight is 367 g/mol. The maximum atomic E-state index is 6.27. The molecule has 0 fully saturated rings. The first-order chi connectivity index (χ1) is 9.06. The predicted octanol–water partition coefficient (Wildman–Crippen LogP) is 4.13. The number of nitrogens with two attached hydrogens (primary N) is 1. The van der Waals surface area contributed by atoms with Crippen molar-refractivity contribution in [3.05, 3.63) is 63.2 Å². The molecule has 3 heteroatoms. The topological polar surface area (TPSA) is 35.2 Å². The fraction of sp³-hybridized carbons (Fsp3) is 0.250. The van der Waals surface area contributed by atoms with Gasteiger partial charge in [-0.2, -0.15) is 0 Å². The number of hydrogen-bond acceptors (Lipinski definition) is 2. The van der Waals surface area contributed by atoms with Crippen LogP contribution in [-0.4, -0.2) is 6.10 Å². The van der Waals surface area contributed by atoms with E-state index in [-0.39, 0.29) is 12.1 Å². The van der Waals surface area contributed by atoms with Crippen molar-refractivity contribution in [2.45, 2.75) is 26.0 Å². The normalized spacial score (nSPS) is 12.5. The number of hydrogen-bond donors (Lipinski definition) is 1. The second-order valence-electron chi connectivity index (χ2n) is 4.76. The molecule has 0 aliphatic rings. The minimum atomic E-state index is -0.0925. The van der Waals surface area contributed by atoms with Crippen LogP contribution in [0.25, 0.3) is 0 Å². The third kappa shape index (κ3) is 3.94. The Labute approximate surface area is 128 Å². The van der Waals surface area contributed by atoms with E-state index in [2.05, 4.69) is 46.9 Å². The third-order valence-electron chi connectivity index (χ3n) is 2.84. The fourth-order valence-electron chi connectivity index (χ4n) is 1.89. The molecule has 0 saturated heterocycles. The van der Waals surface area contributed by atoms with Crippen LogP contribution in [0.5, 0.6) is 5.75 Å². The van der Waals surface area contributed by atoms with Crippen molar-refractivity contribution in [2.75, 3.05) is 0 Å². The number of ether oxygens (including phenoxy) is 1. The summed E-state index contributed by atoms with van der Waals surface area (Å²) < 4.78 is 6.85. The molecule has 2 aromatic carbocycles. The van der Waals surface area contributed by atoms with Gasteiger partial charge >= 0.3 is 0 Å². The molecule has 0 heterocycles. The van der Waals surface area contributed by atoms with E-state index in [1.54, 1.807) is 0 Å². The molecule has 1 atom stereocenters. The average Bonchev–Trinajstić information content (AvgIpc) is 2.39. The first-order valence-corrected chi connectivity index (χ1v) is 7.42. The highest BCUT2D eigenvalue weighted by Crippen LogP contribution is 2.23. The number of rotatable bonds is 4. The summed E-state index contributed by atoms with van der Waals surface area (Å²) in [6.07, 6.45) is 0.190. The maximum absolute atomic E-state index is 6.27. The van der Waals surface area contributed by atoms with Crippen molar-refractivity contribution in [3.63, 3.8) is 0 Å². The molecule has 0 aliphatic heterocycles. The fourth-order valence-corrected chi connectivity index (χ4v) is 2.25. The summed E-state index contributed by atoms with van der Waals surface area (Å²) in [7, 11) is 0. The highest BCUT2D eigenvalue weighted by molar-refractivity contribution is 14.1. The van der Waals surface area contributed by atoms with Crippen LogP contribution < -0.4 is 10.5 Å². The quantitative estimate of drug-likeness (QED) is 0.825. The third-order valence-corrected chi connectivity index (χ3v) is 3.56. The van der Waals surface area contributed by atoms with Gasteiger partial charge in [0.15, 0.2) is 0 Å². The van der Waals surface area contributed by atoms with Gasteiger partial charge in [0.05, 0.1) is 12.1 Å². The van der Waals surface area contributed by atoms with Crippen molar-refractivity contribution in [2.24, 2.45) is 5.73 Å². The Morgan fingerprint density at radius 3 is 1.84 bits per heavy atom. The van der Waals surface area contributed by atoms with E-state index in [1.165, 1.54) is 3.57 Å². The van der Waals surface area contributed by atoms with Gasteiger partial charge in [0.25, 0.3) is 0 Å². The lowest BCUT2D eigenvalue weighted by Crippen LogP contribution is -2.12. The van der Waals surface area contributed by atoms with E-state index >= 15 is 0 Å². The summed E-state index contributed by atoms with van der Waals surface area (Å²) in [5.41, 5.74) is 8.49. The zero-order valence-corrected chi connectivity index (χ0v) is 13.3. The lowest BCUT2D eigenvalue weighted by molar-refractivity contribution is 0.242. The van der Waals surface area contributed by atoms with E-state index in [9.17, 15) is 0 Å².